The van der Waals surface area contributed by atoms with Crippen molar-refractivity contribution in [1.82, 2.24) is 5.32 Å². The summed E-state index contributed by atoms with van der Waals surface area (Å²) in [5.41, 5.74) is 2.66. The molecule has 1 fully saturated rings. The first-order valence-electron chi connectivity index (χ1n) is 9.51. The van der Waals surface area contributed by atoms with Crippen LogP contribution in [0, 0.1) is 0 Å². The molecule has 3 nitrogen and oxygen atoms in total. The number of anilines is 1. The quantitative estimate of drug-likeness (QED) is 0.778. The number of rotatable bonds is 2. The van der Waals surface area contributed by atoms with Gasteiger partial charge in [-0.15, -0.1) is 11.8 Å². The van der Waals surface area contributed by atoms with Crippen LogP contribution in [-0.4, -0.2) is 38.5 Å². The molecule has 1 saturated heterocycles. The fourth-order valence-electron chi connectivity index (χ4n) is 4.85. The molecule has 2 aromatic rings. The third kappa shape index (κ3) is 2.78. The largest absolute Gasteiger partial charge is 0.497 e. The molecule has 0 saturated carbocycles. The summed E-state index contributed by atoms with van der Waals surface area (Å²) in [7, 11) is 1.39. The molecule has 2 aromatic carbocycles. The Hall–Kier alpha value is -1.86. The molecule has 0 aliphatic carbocycles. The van der Waals surface area contributed by atoms with Gasteiger partial charge in [-0.05, 0) is 53.9 Å². The number of fused-ring (bicyclic) bond motifs is 3. The number of nitrogens with one attached hydrogen (secondary N) is 1. The number of nitrogens with zero attached hydrogens (tertiary/aromatic N) is 1. The number of thioether (sulfide) groups is 1. The minimum Gasteiger partial charge on any atom is -0.497 e. The molecule has 0 aromatic heterocycles. The fourth-order valence-corrected chi connectivity index (χ4v) is 5.94. The van der Waals surface area contributed by atoms with Crippen LogP contribution in [0.15, 0.2) is 35.2 Å². The van der Waals surface area contributed by atoms with Gasteiger partial charge in [0.05, 0.1) is 18.4 Å². The Labute approximate surface area is 166 Å². The lowest BCUT2D eigenvalue weighted by Crippen LogP contribution is -2.45. The van der Waals surface area contributed by atoms with Gasteiger partial charge in [0.25, 0.3) is 0 Å². The third-order valence-electron chi connectivity index (χ3n) is 6.07. The van der Waals surface area contributed by atoms with Gasteiger partial charge in [0.2, 0.25) is 0 Å². The maximum atomic E-state index is 13.8. The lowest BCUT2D eigenvalue weighted by Gasteiger charge is -2.36. The van der Waals surface area contributed by atoms with E-state index in [4.69, 9.17) is 4.74 Å². The van der Waals surface area contributed by atoms with Crippen molar-refractivity contribution in [3.05, 3.63) is 41.5 Å². The van der Waals surface area contributed by atoms with Crippen molar-refractivity contribution in [1.29, 1.82) is 0 Å². The highest BCUT2D eigenvalue weighted by atomic mass is 32.2. The molecule has 3 heterocycles. The summed E-state index contributed by atoms with van der Waals surface area (Å²) >= 11 is 1.75. The Balaban J connectivity index is 1.68. The van der Waals surface area contributed by atoms with Gasteiger partial charge in [-0.3, -0.25) is 0 Å². The lowest BCUT2D eigenvalue weighted by atomic mass is 9.88. The molecule has 7 heteroatoms. The molecule has 3 aliphatic heterocycles. The van der Waals surface area contributed by atoms with Crippen LogP contribution in [0.5, 0.6) is 5.75 Å². The van der Waals surface area contributed by atoms with Gasteiger partial charge in [-0.25, -0.2) is 0 Å². The average molecular weight is 406 g/mol. The van der Waals surface area contributed by atoms with Gasteiger partial charge < -0.3 is 15.0 Å². The summed E-state index contributed by atoms with van der Waals surface area (Å²) in [5, 5.41) is 3.46. The first-order chi connectivity index (χ1) is 13.5. The SMILES string of the molecule is COc1ccc(-c2cc3c4c(c2)[C@@H]2CNCC[C@@H]2N4CCS3)c(C(F)(F)F)c1. The second-order valence-corrected chi connectivity index (χ2v) is 8.67. The van der Waals surface area contributed by atoms with Gasteiger partial charge in [0.1, 0.15) is 5.75 Å². The van der Waals surface area contributed by atoms with Crippen LogP contribution >= 0.6 is 11.8 Å². The first-order valence-corrected chi connectivity index (χ1v) is 10.5. The molecule has 0 bridgehead atoms. The summed E-state index contributed by atoms with van der Waals surface area (Å²) in [4.78, 5) is 3.60. The minimum absolute atomic E-state index is 0.218. The monoisotopic (exact) mass is 406 g/mol. The fraction of sp³-hybridized carbons (Fsp3) is 0.429. The van der Waals surface area contributed by atoms with Crippen LogP contribution in [-0.2, 0) is 6.18 Å². The highest BCUT2D eigenvalue weighted by Crippen LogP contribution is 2.52. The molecule has 2 atom stereocenters. The van der Waals surface area contributed by atoms with E-state index in [1.165, 1.54) is 24.4 Å². The predicted octanol–water partition coefficient (Wildman–Crippen LogP) is 4.75. The van der Waals surface area contributed by atoms with Crippen molar-refractivity contribution in [2.24, 2.45) is 0 Å². The van der Waals surface area contributed by atoms with Gasteiger partial charge in [-0.1, -0.05) is 6.07 Å². The van der Waals surface area contributed by atoms with Crippen LogP contribution in [0.1, 0.15) is 23.5 Å². The highest BCUT2D eigenvalue weighted by molar-refractivity contribution is 7.99. The number of benzene rings is 2. The lowest BCUT2D eigenvalue weighted by molar-refractivity contribution is -0.137. The van der Waals surface area contributed by atoms with Crippen molar-refractivity contribution in [3.8, 4) is 16.9 Å². The Bertz CT molecular complexity index is 931. The standard InChI is InChI=1S/C21H21F3N2OS/c1-27-13-2-3-14(17(10-13)21(22,23)24)12-8-15-16-11-25-5-4-18(16)26-6-7-28-19(9-12)20(15)26/h2-3,8-10,16,18,25H,4-7,11H2,1H3/t16-,18-/m0/s1. The Morgan fingerprint density at radius 2 is 2.07 bits per heavy atom. The smallest absolute Gasteiger partial charge is 0.417 e. The van der Waals surface area contributed by atoms with E-state index in [0.717, 1.165) is 42.8 Å². The van der Waals surface area contributed by atoms with Gasteiger partial charge in [0, 0.05) is 35.7 Å². The molecule has 28 heavy (non-hydrogen) atoms. The Morgan fingerprint density at radius 3 is 2.86 bits per heavy atom. The highest BCUT2D eigenvalue weighted by Gasteiger charge is 2.43. The minimum atomic E-state index is -4.44. The van der Waals surface area contributed by atoms with Crippen molar-refractivity contribution in [2.75, 3.05) is 37.4 Å². The molecule has 148 valence electrons. The van der Waals surface area contributed by atoms with Crippen molar-refractivity contribution in [3.63, 3.8) is 0 Å². The average Bonchev–Trinajstić information content (AvgIpc) is 3.03. The predicted molar refractivity (Wildman–Crippen MR) is 106 cm³/mol. The molecule has 5 rings (SSSR count). The van der Waals surface area contributed by atoms with Crippen molar-refractivity contribution < 1.29 is 17.9 Å². The zero-order chi connectivity index (χ0) is 19.5. The molecule has 0 spiro atoms. The van der Waals surface area contributed by atoms with E-state index in [2.05, 4.69) is 10.2 Å². The van der Waals surface area contributed by atoms with Crippen LogP contribution < -0.4 is 15.0 Å². The molecular formula is C21H21F3N2OS. The maximum Gasteiger partial charge on any atom is 0.417 e. The van der Waals surface area contributed by atoms with E-state index in [9.17, 15) is 13.2 Å². The molecular weight excluding hydrogens is 385 g/mol. The van der Waals surface area contributed by atoms with Gasteiger partial charge in [-0.2, -0.15) is 13.2 Å². The van der Waals surface area contributed by atoms with Crippen molar-refractivity contribution in [2.45, 2.75) is 29.5 Å². The maximum absolute atomic E-state index is 13.8. The number of halogens is 3. The summed E-state index contributed by atoms with van der Waals surface area (Å²) in [6.45, 7) is 2.90. The first kappa shape index (κ1) is 18.2. The summed E-state index contributed by atoms with van der Waals surface area (Å²) < 4.78 is 46.3. The van der Waals surface area contributed by atoms with E-state index in [0.29, 0.717) is 17.5 Å². The molecule has 0 radical (unpaired) electrons. The Kier molecular flexibility index (Phi) is 4.28. The van der Waals surface area contributed by atoms with Gasteiger partial charge >= 0.3 is 6.18 Å². The molecule has 3 aliphatic rings. The number of alkyl halides is 3. The number of methoxy groups -OCH3 is 1. The zero-order valence-corrected chi connectivity index (χ0v) is 16.3. The normalized spacial score (nSPS) is 23.4. The van der Waals surface area contributed by atoms with Crippen LogP contribution in [0.2, 0.25) is 0 Å². The van der Waals surface area contributed by atoms with Crippen LogP contribution in [0.25, 0.3) is 11.1 Å². The van der Waals surface area contributed by atoms with Crippen molar-refractivity contribution >= 4 is 17.4 Å². The molecule has 0 unspecified atom stereocenters. The third-order valence-corrected chi connectivity index (χ3v) is 7.08. The number of hydrogen-bond donors (Lipinski definition) is 1. The number of piperidine rings is 1. The van der Waals surface area contributed by atoms with E-state index in [1.54, 1.807) is 17.8 Å². The summed E-state index contributed by atoms with van der Waals surface area (Å²) in [6.07, 6.45) is -3.36. The topological polar surface area (TPSA) is 24.5 Å². The van der Waals surface area contributed by atoms with E-state index in [1.807, 2.05) is 12.1 Å². The summed E-state index contributed by atoms with van der Waals surface area (Å²) in [6, 6.07) is 8.63. The zero-order valence-electron chi connectivity index (χ0n) is 15.5. The Morgan fingerprint density at radius 1 is 1.21 bits per heavy atom. The van der Waals surface area contributed by atoms with E-state index in [-0.39, 0.29) is 11.3 Å². The number of ether oxygens (including phenoxy) is 1. The number of hydrogen-bond acceptors (Lipinski definition) is 4. The van der Waals surface area contributed by atoms with E-state index >= 15 is 0 Å². The van der Waals surface area contributed by atoms with Crippen LogP contribution in [0.4, 0.5) is 18.9 Å². The van der Waals surface area contributed by atoms with Crippen LogP contribution in [0.3, 0.4) is 0 Å². The molecule has 1 N–H and O–H groups in total. The second kappa shape index (κ2) is 6.59. The second-order valence-electron chi connectivity index (χ2n) is 7.53. The van der Waals surface area contributed by atoms with Gasteiger partial charge in [0.15, 0.2) is 0 Å². The summed E-state index contributed by atoms with van der Waals surface area (Å²) in [5.74, 6) is 1.53. The van der Waals surface area contributed by atoms with E-state index < -0.39 is 11.7 Å². The molecule has 0 amide bonds.